The van der Waals surface area contributed by atoms with Crippen molar-refractivity contribution in [3.63, 3.8) is 0 Å². The second-order valence-electron chi connectivity index (χ2n) is 8.88. The highest BCUT2D eigenvalue weighted by molar-refractivity contribution is 5.86. The Balaban J connectivity index is 1.62. The van der Waals surface area contributed by atoms with Crippen molar-refractivity contribution in [1.82, 2.24) is 15.1 Å². The summed E-state index contributed by atoms with van der Waals surface area (Å²) in [7, 11) is 0. The van der Waals surface area contributed by atoms with Gasteiger partial charge in [0.2, 0.25) is 5.91 Å². The number of hydrogen-bond acceptors (Lipinski definition) is 6. The van der Waals surface area contributed by atoms with Gasteiger partial charge < -0.3 is 19.7 Å². The molecule has 1 N–H and O–H groups in total. The molecule has 2 heterocycles. The molecule has 30 heavy (non-hydrogen) atoms. The van der Waals surface area contributed by atoms with Crippen molar-refractivity contribution in [2.45, 2.75) is 70.9 Å². The van der Waals surface area contributed by atoms with Crippen LogP contribution in [0.3, 0.4) is 0 Å². The van der Waals surface area contributed by atoms with Crippen LogP contribution < -0.4 is 5.32 Å². The molecular weight excluding hydrogens is 386 g/mol. The van der Waals surface area contributed by atoms with Gasteiger partial charge in [0.25, 0.3) is 0 Å². The maximum absolute atomic E-state index is 12.9. The summed E-state index contributed by atoms with van der Waals surface area (Å²) in [5.41, 5.74) is -0.788. The number of carbonyl (C=O) groups excluding carboxylic acids is 3. The SMILES string of the molecule is C=C(C)OC(=O)N1CCC(N2CCCC(CC(=O)NC3CC3)(C(=O)OCC)C2)CC1. The lowest BCUT2D eigenvalue weighted by atomic mass is 9.76. The zero-order valence-electron chi connectivity index (χ0n) is 18.3. The van der Waals surface area contributed by atoms with E-state index < -0.39 is 5.41 Å². The Bertz CT molecular complexity index is 670. The average Bonchev–Trinajstić information content (AvgIpc) is 3.51. The molecule has 8 nitrogen and oxygen atoms in total. The van der Waals surface area contributed by atoms with Gasteiger partial charge in [-0.05, 0) is 58.9 Å². The molecule has 0 aromatic rings. The first-order valence-corrected chi connectivity index (χ1v) is 11.2. The van der Waals surface area contributed by atoms with E-state index in [0.717, 1.165) is 38.6 Å². The number of likely N-dealkylation sites (tertiary alicyclic amines) is 2. The second-order valence-corrected chi connectivity index (χ2v) is 8.88. The number of rotatable bonds is 7. The third-order valence-corrected chi connectivity index (χ3v) is 6.26. The van der Waals surface area contributed by atoms with Crippen LogP contribution in [0.5, 0.6) is 0 Å². The molecule has 0 aromatic heterocycles. The van der Waals surface area contributed by atoms with Gasteiger partial charge in [0.05, 0.1) is 17.8 Å². The molecule has 2 saturated heterocycles. The number of hydrogen-bond donors (Lipinski definition) is 1. The third-order valence-electron chi connectivity index (χ3n) is 6.26. The summed E-state index contributed by atoms with van der Waals surface area (Å²) < 4.78 is 10.5. The quantitative estimate of drug-likeness (QED) is 0.502. The Morgan fingerprint density at radius 1 is 1.13 bits per heavy atom. The van der Waals surface area contributed by atoms with Gasteiger partial charge in [0.1, 0.15) is 0 Å². The van der Waals surface area contributed by atoms with Crippen molar-refractivity contribution < 1.29 is 23.9 Å². The number of amides is 2. The number of nitrogens with zero attached hydrogens (tertiary/aromatic N) is 2. The van der Waals surface area contributed by atoms with E-state index in [4.69, 9.17) is 9.47 Å². The summed E-state index contributed by atoms with van der Waals surface area (Å²) in [6, 6.07) is 0.555. The zero-order valence-corrected chi connectivity index (χ0v) is 18.3. The van der Waals surface area contributed by atoms with E-state index in [1.165, 1.54) is 0 Å². The van der Waals surface area contributed by atoms with Gasteiger partial charge in [-0.2, -0.15) is 0 Å². The fourth-order valence-corrected chi connectivity index (χ4v) is 4.59. The molecule has 8 heteroatoms. The summed E-state index contributed by atoms with van der Waals surface area (Å²) in [5.74, 6) is 0.0785. The van der Waals surface area contributed by atoms with Crippen LogP contribution in [0, 0.1) is 5.41 Å². The minimum absolute atomic E-state index is 0.0511. The van der Waals surface area contributed by atoms with Crippen LogP contribution >= 0.6 is 0 Å². The molecule has 1 atom stereocenters. The molecule has 0 spiro atoms. The Morgan fingerprint density at radius 2 is 1.83 bits per heavy atom. The molecule has 3 fully saturated rings. The van der Waals surface area contributed by atoms with Crippen molar-refractivity contribution >= 4 is 18.0 Å². The Hall–Kier alpha value is -2.09. The first-order valence-electron chi connectivity index (χ1n) is 11.2. The molecule has 3 aliphatic rings. The molecular formula is C22H35N3O5. The number of allylic oxidation sites excluding steroid dienone is 1. The molecule has 0 bridgehead atoms. The summed E-state index contributed by atoms with van der Waals surface area (Å²) in [4.78, 5) is 41.6. The fourth-order valence-electron chi connectivity index (χ4n) is 4.59. The summed E-state index contributed by atoms with van der Waals surface area (Å²) in [6.45, 7) is 10.0. The standard InChI is InChI=1S/C22H35N3O5/c1-4-29-20(27)22(14-19(26)23-17-6-7-17)10-5-11-25(15-22)18-8-12-24(13-9-18)21(28)30-16(2)3/h17-18H,2,4-15H2,1,3H3,(H,23,26). The van der Waals surface area contributed by atoms with Gasteiger partial charge in [0, 0.05) is 38.1 Å². The molecule has 1 aliphatic carbocycles. The zero-order chi connectivity index (χ0) is 21.7. The van der Waals surface area contributed by atoms with E-state index in [0.29, 0.717) is 38.4 Å². The summed E-state index contributed by atoms with van der Waals surface area (Å²) in [6.07, 6.45) is 5.04. The Morgan fingerprint density at radius 3 is 2.43 bits per heavy atom. The topological polar surface area (TPSA) is 88.2 Å². The predicted octanol–water partition coefficient (Wildman–Crippen LogP) is 2.44. The number of nitrogens with one attached hydrogen (secondary N) is 1. The van der Waals surface area contributed by atoms with Gasteiger partial charge in [-0.3, -0.25) is 14.5 Å². The van der Waals surface area contributed by atoms with Crippen LogP contribution in [0.4, 0.5) is 4.79 Å². The first-order chi connectivity index (χ1) is 14.3. The normalized spacial score (nSPS) is 25.5. The van der Waals surface area contributed by atoms with Crippen molar-refractivity contribution in [3.05, 3.63) is 12.3 Å². The monoisotopic (exact) mass is 421 g/mol. The van der Waals surface area contributed by atoms with Crippen LogP contribution in [-0.4, -0.2) is 72.6 Å². The molecule has 0 radical (unpaired) electrons. The lowest BCUT2D eigenvalue weighted by Gasteiger charge is -2.46. The number of ether oxygens (including phenoxy) is 2. The van der Waals surface area contributed by atoms with Crippen LogP contribution in [0.1, 0.15) is 58.8 Å². The second kappa shape index (κ2) is 9.81. The average molecular weight is 422 g/mol. The first kappa shape index (κ1) is 22.6. The molecule has 168 valence electrons. The van der Waals surface area contributed by atoms with Crippen LogP contribution in [-0.2, 0) is 19.1 Å². The smallest absolute Gasteiger partial charge is 0.414 e. The molecule has 3 rings (SSSR count). The highest BCUT2D eigenvalue weighted by Crippen LogP contribution is 2.37. The van der Waals surface area contributed by atoms with Gasteiger partial charge in [-0.15, -0.1) is 0 Å². The summed E-state index contributed by atoms with van der Waals surface area (Å²) >= 11 is 0. The maximum Gasteiger partial charge on any atom is 0.414 e. The largest absolute Gasteiger partial charge is 0.466 e. The molecule has 2 amide bonds. The molecule has 1 unspecified atom stereocenters. The van der Waals surface area contributed by atoms with Crippen LogP contribution in [0.25, 0.3) is 0 Å². The molecule has 1 saturated carbocycles. The third kappa shape index (κ3) is 5.74. The number of carbonyl (C=O) groups is 3. The van der Waals surface area contributed by atoms with Crippen molar-refractivity contribution in [2.75, 3.05) is 32.8 Å². The lowest BCUT2D eigenvalue weighted by molar-refractivity contribution is -0.162. The molecule has 2 aliphatic heterocycles. The molecule has 0 aromatic carbocycles. The minimum Gasteiger partial charge on any atom is -0.466 e. The maximum atomic E-state index is 12.9. The number of piperidine rings is 2. The van der Waals surface area contributed by atoms with E-state index in [2.05, 4.69) is 16.8 Å². The van der Waals surface area contributed by atoms with Gasteiger partial charge in [-0.1, -0.05) is 6.58 Å². The highest BCUT2D eigenvalue weighted by atomic mass is 16.6. The fraction of sp³-hybridized carbons (Fsp3) is 0.773. The Kier molecular flexibility index (Phi) is 7.39. The Labute approximate surface area is 178 Å². The number of esters is 1. The van der Waals surface area contributed by atoms with Crippen molar-refractivity contribution in [1.29, 1.82) is 0 Å². The van der Waals surface area contributed by atoms with Crippen molar-refractivity contribution in [3.8, 4) is 0 Å². The van der Waals surface area contributed by atoms with Gasteiger partial charge >= 0.3 is 12.1 Å². The van der Waals surface area contributed by atoms with E-state index in [1.54, 1.807) is 18.7 Å². The van der Waals surface area contributed by atoms with Gasteiger partial charge in [-0.25, -0.2) is 4.79 Å². The van der Waals surface area contributed by atoms with Crippen LogP contribution in [0.2, 0.25) is 0 Å². The lowest BCUT2D eigenvalue weighted by Crippen LogP contribution is -2.55. The predicted molar refractivity (Wildman–Crippen MR) is 112 cm³/mol. The van der Waals surface area contributed by atoms with Crippen LogP contribution in [0.15, 0.2) is 12.3 Å². The van der Waals surface area contributed by atoms with E-state index >= 15 is 0 Å². The van der Waals surface area contributed by atoms with Gasteiger partial charge in [0.15, 0.2) is 0 Å². The van der Waals surface area contributed by atoms with Crippen molar-refractivity contribution in [2.24, 2.45) is 5.41 Å². The van der Waals surface area contributed by atoms with E-state index in [-0.39, 0.29) is 36.5 Å². The highest BCUT2D eigenvalue weighted by Gasteiger charge is 2.47. The van der Waals surface area contributed by atoms with E-state index in [1.807, 2.05) is 0 Å². The summed E-state index contributed by atoms with van der Waals surface area (Å²) in [5, 5.41) is 3.02. The van der Waals surface area contributed by atoms with E-state index in [9.17, 15) is 14.4 Å². The minimum atomic E-state index is -0.788.